The summed E-state index contributed by atoms with van der Waals surface area (Å²) in [5.74, 6) is 1.07. The molecule has 2 aromatic rings. The van der Waals surface area contributed by atoms with Crippen molar-refractivity contribution >= 4 is 22.9 Å². The molecule has 1 saturated carbocycles. The summed E-state index contributed by atoms with van der Waals surface area (Å²) in [6.45, 7) is 3.75. The van der Waals surface area contributed by atoms with Gasteiger partial charge in [0, 0.05) is 25.3 Å². The molecule has 1 atom stereocenters. The average molecular weight is 338 g/mol. The Morgan fingerprint density at radius 3 is 2.88 bits per heavy atom. The van der Waals surface area contributed by atoms with Crippen molar-refractivity contribution in [2.24, 2.45) is 5.92 Å². The largest absolute Gasteiger partial charge is 0.311 e. The van der Waals surface area contributed by atoms with Gasteiger partial charge in [0.1, 0.15) is 0 Å². The highest BCUT2D eigenvalue weighted by molar-refractivity contribution is 7.07. The fraction of sp³-hybridized carbons (Fsp3) is 0.450. The summed E-state index contributed by atoms with van der Waals surface area (Å²) in [4.78, 5) is 18.0. The first kappa shape index (κ1) is 14.7. The van der Waals surface area contributed by atoms with E-state index in [1.165, 1.54) is 29.7 Å². The molecule has 1 aromatic heterocycles. The number of likely N-dealkylation sites (tertiary alicyclic amines) is 1. The number of amides is 1. The summed E-state index contributed by atoms with van der Waals surface area (Å²) in [6.07, 6.45) is 3.51. The van der Waals surface area contributed by atoms with Crippen LogP contribution in [0.2, 0.25) is 0 Å². The number of anilines is 1. The summed E-state index contributed by atoms with van der Waals surface area (Å²) in [5, 5.41) is 4.35. The molecule has 3 nitrogen and oxygen atoms in total. The number of rotatable bonds is 4. The van der Waals surface area contributed by atoms with Gasteiger partial charge in [-0.05, 0) is 65.7 Å². The van der Waals surface area contributed by atoms with Crippen molar-refractivity contribution < 1.29 is 4.79 Å². The summed E-state index contributed by atoms with van der Waals surface area (Å²) in [5.41, 5.74) is 3.50. The Morgan fingerprint density at radius 1 is 1.21 bits per heavy atom. The molecule has 5 rings (SSSR count). The summed E-state index contributed by atoms with van der Waals surface area (Å²) in [7, 11) is 0. The number of hydrogen-bond donors (Lipinski definition) is 0. The molecule has 4 heteroatoms. The second-order valence-corrected chi connectivity index (χ2v) is 8.33. The number of benzene rings is 1. The molecule has 1 aromatic carbocycles. The van der Waals surface area contributed by atoms with Crippen LogP contribution < -0.4 is 4.90 Å². The van der Waals surface area contributed by atoms with Gasteiger partial charge in [0.05, 0.1) is 5.41 Å². The SMILES string of the molecule is O=C1N(CC2CC2)c2ccccc2C12CCN(Cc1ccsc1)C2. The Balaban J connectivity index is 1.45. The number of hydrogen-bond acceptors (Lipinski definition) is 3. The maximum Gasteiger partial charge on any atom is 0.239 e. The minimum absolute atomic E-state index is 0.304. The zero-order valence-corrected chi connectivity index (χ0v) is 14.6. The van der Waals surface area contributed by atoms with Crippen LogP contribution in [0.15, 0.2) is 41.1 Å². The number of para-hydroxylation sites is 1. The predicted molar refractivity (Wildman–Crippen MR) is 97.4 cm³/mol. The van der Waals surface area contributed by atoms with Crippen LogP contribution in [0.3, 0.4) is 0 Å². The molecule has 0 radical (unpaired) electrons. The van der Waals surface area contributed by atoms with Gasteiger partial charge in [0.25, 0.3) is 0 Å². The van der Waals surface area contributed by atoms with E-state index in [0.29, 0.717) is 5.91 Å². The molecule has 1 unspecified atom stereocenters. The lowest BCUT2D eigenvalue weighted by Crippen LogP contribution is -2.43. The molecular weight excluding hydrogens is 316 g/mol. The third kappa shape index (κ3) is 2.24. The van der Waals surface area contributed by atoms with Crippen LogP contribution in [-0.4, -0.2) is 30.4 Å². The van der Waals surface area contributed by atoms with E-state index in [1.807, 2.05) is 0 Å². The van der Waals surface area contributed by atoms with Crippen LogP contribution in [0.25, 0.3) is 0 Å². The minimum Gasteiger partial charge on any atom is -0.311 e. The van der Waals surface area contributed by atoms with Gasteiger partial charge in [-0.2, -0.15) is 11.3 Å². The maximum atomic E-state index is 13.4. The summed E-state index contributed by atoms with van der Waals surface area (Å²) < 4.78 is 0. The number of nitrogens with zero attached hydrogens (tertiary/aromatic N) is 2. The minimum atomic E-state index is -0.304. The molecule has 24 heavy (non-hydrogen) atoms. The first-order chi connectivity index (χ1) is 11.8. The number of carbonyl (C=O) groups excluding carboxylic acids is 1. The molecule has 0 bridgehead atoms. The highest BCUT2D eigenvalue weighted by Gasteiger charge is 2.54. The summed E-state index contributed by atoms with van der Waals surface area (Å²) in [6, 6.07) is 10.7. The average Bonchev–Trinajstić information content (AvgIpc) is 3.03. The normalized spacial score (nSPS) is 26.5. The monoisotopic (exact) mass is 338 g/mol. The highest BCUT2D eigenvalue weighted by atomic mass is 32.1. The molecule has 1 aliphatic carbocycles. The zero-order chi connectivity index (χ0) is 16.1. The van der Waals surface area contributed by atoms with Gasteiger partial charge >= 0.3 is 0 Å². The molecule has 2 aliphatic heterocycles. The Morgan fingerprint density at radius 2 is 2.08 bits per heavy atom. The van der Waals surface area contributed by atoms with Crippen molar-refractivity contribution in [3.8, 4) is 0 Å². The van der Waals surface area contributed by atoms with Crippen LogP contribution >= 0.6 is 11.3 Å². The third-order valence-electron chi connectivity index (χ3n) is 5.84. The number of thiophene rings is 1. The van der Waals surface area contributed by atoms with Gasteiger partial charge in [-0.1, -0.05) is 18.2 Å². The van der Waals surface area contributed by atoms with Crippen molar-refractivity contribution in [1.82, 2.24) is 4.90 Å². The topological polar surface area (TPSA) is 23.6 Å². The fourth-order valence-corrected chi connectivity index (χ4v) is 5.06. The summed E-state index contributed by atoms with van der Waals surface area (Å²) >= 11 is 1.75. The van der Waals surface area contributed by atoms with Crippen LogP contribution in [0.5, 0.6) is 0 Å². The lowest BCUT2D eigenvalue weighted by molar-refractivity contribution is -0.122. The van der Waals surface area contributed by atoms with Gasteiger partial charge in [-0.3, -0.25) is 9.69 Å². The lowest BCUT2D eigenvalue weighted by Gasteiger charge is -2.24. The molecular formula is C20H22N2OS. The van der Waals surface area contributed by atoms with Gasteiger partial charge in [0.2, 0.25) is 5.91 Å². The second-order valence-electron chi connectivity index (χ2n) is 7.55. The first-order valence-corrected chi connectivity index (χ1v) is 9.85. The first-order valence-electron chi connectivity index (χ1n) is 8.91. The van der Waals surface area contributed by atoms with Gasteiger partial charge in [-0.15, -0.1) is 0 Å². The molecule has 1 saturated heterocycles. The van der Waals surface area contributed by atoms with E-state index in [4.69, 9.17) is 0 Å². The highest BCUT2D eigenvalue weighted by Crippen LogP contribution is 2.48. The van der Waals surface area contributed by atoms with Crippen molar-refractivity contribution in [1.29, 1.82) is 0 Å². The Labute approximate surface area is 146 Å². The molecule has 0 N–H and O–H groups in total. The third-order valence-corrected chi connectivity index (χ3v) is 6.57. The molecule has 124 valence electrons. The number of carbonyl (C=O) groups is 1. The Kier molecular flexibility index (Phi) is 3.32. The van der Waals surface area contributed by atoms with Gasteiger partial charge in [0.15, 0.2) is 0 Å². The maximum absolute atomic E-state index is 13.4. The van der Waals surface area contributed by atoms with Crippen molar-refractivity contribution in [3.05, 3.63) is 52.2 Å². The van der Waals surface area contributed by atoms with Gasteiger partial charge < -0.3 is 4.90 Å². The quantitative estimate of drug-likeness (QED) is 0.849. The van der Waals surface area contributed by atoms with E-state index in [-0.39, 0.29) is 5.41 Å². The van der Waals surface area contributed by atoms with Crippen LogP contribution in [0, 0.1) is 5.92 Å². The van der Waals surface area contributed by atoms with Crippen molar-refractivity contribution in [2.45, 2.75) is 31.2 Å². The van der Waals surface area contributed by atoms with E-state index in [9.17, 15) is 4.79 Å². The van der Waals surface area contributed by atoms with Gasteiger partial charge in [-0.25, -0.2) is 0 Å². The molecule has 3 aliphatic rings. The van der Waals surface area contributed by atoms with E-state index in [1.54, 1.807) is 11.3 Å². The standard InChI is InChI=1S/C20H22N2OS/c23-19-20(8-9-21(14-20)11-16-7-10-24-13-16)17-3-1-2-4-18(17)22(19)12-15-5-6-15/h1-4,7,10,13,15H,5-6,8-9,11-12,14H2. The molecule has 2 fully saturated rings. The van der Waals surface area contributed by atoms with Crippen molar-refractivity contribution in [3.63, 3.8) is 0 Å². The second kappa shape index (κ2) is 5.43. The predicted octanol–water partition coefficient (Wildman–Crippen LogP) is 3.65. The lowest BCUT2D eigenvalue weighted by atomic mass is 9.81. The molecule has 3 heterocycles. The molecule has 1 spiro atoms. The van der Waals surface area contributed by atoms with E-state index in [2.05, 4.69) is 50.9 Å². The van der Waals surface area contributed by atoms with E-state index in [0.717, 1.165) is 38.5 Å². The van der Waals surface area contributed by atoms with Crippen molar-refractivity contribution in [2.75, 3.05) is 24.5 Å². The van der Waals surface area contributed by atoms with Crippen LogP contribution in [0.1, 0.15) is 30.4 Å². The van der Waals surface area contributed by atoms with E-state index >= 15 is 0 Å². The van der Waals surface area contributed by atoms with Crippen LogP contribution in [-0.2, 0) is 16.8 Å². The Bertz CT molecular complexity index is 768. The zero-order valence-electron chi connectivity index (χ0n) is 13.8. The fourth-order valence-electron chi connectivity index (χ4n) is 4.40. The molecule has 1 amide bonds. The number of fused-ring (bicyclic) bond motifs is 2. The Hall–Kier alpha value is -1.65. The van der Waals surface area contributed by atoms with Crippen LogP contribution in [0.4, 0.5) is 5.69 Å². The smallest absolute Gasteiger partial charge is 0.239 e. The van der Waals surface area contributed by atoms with E-state index < -0.39 is 0 Å².